The van der Waals surface area contributed by atoms with Gasteiger partial charge in [-0.1, -0.05) is 58.0 Å². The molecule has 0 atom stereocenters. The molecule has 1 aromatic carbocycles. The minimum absolute atomic E-state index is 0.216. The third-order valence-corrected chi connectivity index (χ3v) is 4.07. The van der Waals surface area contributed by atoms with E-state index in [0.29, 0.717) is 5.92 Å². The third-order valence-electron chi connectivity index (χ3n) is 4.07. The molecule has 0 bridgehead atoms. The summed E-state index contributed by atoms with van der Waals surface area (Å²) in [5, 5.41) is 0. The van der Waals surface area contributed by atoms with Crippen molar-refractivity contribution in [1.82, 2.24) is 4.98 Å². The molecule has 0 aliphatic rings. The van der Waals surface area contributed by atoms with Gasteiger partial charge >= 0.3 is 0 Å². The van der Waals surface area contributed by atoms with E-state index in [0.717, 1.165) is 0 Å². The van der Waals surface area contributed by atoms with Crippen LogP contribution in [-0.2, 0) is 5.41 Å². The van der Waals surface area contributed by atoms with Crippen molar-refractivity contribution in [2.45, 2.75) is 33.1 Å². The minimum atomic E-state index is 0.216. The van der Waals surface area contributed by atoms with Gasteiger partial charge in [-0.05, 0) is 34.1 Å². The fraction of sp³-hybridized carbons (Fsp3) is 0.353. The molecule has 0 unspecified atom stereocenters. The molecule has 0 saturated carbocycles. The molecule has 1 heteroatoms. The molecule has 0 aliphatic heterocycles. The van der Waals surface area contributed by atoms with E-state index in [9.17, 15) is 0 Å². The highest BCUT2D eigenvalue weighted by atomic mass is 14.6. The van der Waals surface area contributed by atoms with E-state index in [-0.39, 0.29) is 5.41 Å². The zero-order chi connectivity index (χ0) is 13.2. The van der Waals surface area contributed by atoms with Crippen LogP contribution in [0.2, 0.25) is 0 Å². The van der Waals surface area contributed by atoms with Gasteiger partial charge in [0.05, 0.1) is 0 Å². The smallest absolute Gasteiger partial charge is 0.0346 e. The highest BCUT2D eigenvalue weighted by molar-refractivity contribution is 5.62. The van der Waals surface area contributed by atoms with Crippen LogP contribution in [0.3, 0.4) is 0 Å². The van der Waals surface area contributed by atoms with Gasteiger partial charge in [-0.2, -0.15) is 0 Å². The number of benzene rings is 1. The average molecular weight is 239 g/mol. The summed E-state index contributed by atoms with van der Waals surface area (Å²) < 4.78 is 0. The second-order valence-electron chi connectivity index (χ2n) is 5.70. The predicted molar refractivity (Wildman–Crippen MR) is 77.5 cm³/mol. The predicted octanol–water partition coefficient (Wildman–Crippen LogP) is 4.68. The van der Waals surface area contributed by atoms with Crippen molar-refractivity contribution in [2.75, 3.05) is 0 Å². The molecular weight excluding hydrogens is 218 g/mol. The third kappa shape index (κ3) is 2.45. The van der Waals surface area contributed by atoms with Gasteiger partial charge in [0, 0.05) is 12.4 Å². The Morgan fingerprint density at radius 2 is 1.61 bits per heavy atom. The number of rotatable bonds is 3. The molecule has 1 heterocycles. The second kappa shape index (κ2) is 4.93. The summed E-state index contributed by atoms with van der Waals surface area (Å²) in [6, 6.07) is 12.9. The summed E-state index contributed by atoms with van der Waals surface area (Å²) in [6.45, 7) is 9.15. The van der Waals surface area contributed by atoms with Crippen molar-refractivity contribution in [2.24, 2.45) is 5.92 Å². The monoisotopic (exact) mass is 239 g/mol. The fourth-order valence-electron chi connectivity index (χ4n) is 1.96. The fourth-order valence-corrected chi connectivity index (χ4v) is 1.96. The molecule has 0 N–H and O–H groups in total. The molecule has 0 amide bonds. The molecule has 2 rings (SSSR count). The summed E-state index contributed by atoms with van der Waals surface area (Å²) >= 11 is 0. The molecule has 0 radical (unpaired) electrons. The first-order valence-electron chi connectivity index (χ1n) is 6.53. The van der Waals surface area contributed by atoms with Crippen molar-refractivity contribution < 1.29 is 0 Å². The van der Waals surface area contributed by atoms with E-state index < -0.39 is 0 Å². The van der Waals surface area contributed by atoms with Crippen LogP contribution in [0.15, 0.2) is 48.8 Å². The number of hydrogen-bond acceptors (Lipinski definition) is 1. The molecule has 1 aromatic heterocycles. The van der Waals surface area contributed by atoms with E-state index in [1.54, 1.807) is 6.20 Å². The number of aromatic nitrogens is 1. The quantitative estimate of drug-likeness (QED) is 0.757. The Labute approximate surface area is 110 Å². The Bertz CT molecular complexity index is 495. The Balaban J connectivity index is 2.32. The van der Waals surface area contributed by atoms with Crippen LogP contribution in [0, 0.1) is 5.92 Å². The van der Waals surface area contributed by atoms with E-state index in [1.807, 2.05) is 12.3 Å². The first kappa shape index (κ1) is 12.8. The van der Waals surface area contributed by atoms with Crippen LogP contribution in [0.25, 0.3) is 11.1 Å². The van der Waals surface area contributed by atoms with E-state index in [4.69, 9.17) is 0 Å². The first-order chi connectivity index (χ1) is 8.51. The zero-order valence-corrected chi connectivity index (χ0v) is 11.6. The van der Waals surface area contributed by atoms with Crippen LogP contribution < -0.4 is 0 Å². The lowest BCUT2D eigenvalue weighted by molar-refractivity contribution is 0.372. The first-order valence-corrected chi connectivity index (χ1v) is 6.53. The van der Waals surface area contributed by atoms with Crippen molar-refractivity contribution in [3.05, 3.63) is 54.4 Å². The number of pyridine rings is 1. The van der Waals surface area contributed by atoms with E-state index in [2.05, 4.69) is 63.0 Å². The molecule has 1 nitrogen and oxygen atoms in total. The van der Waals surface area contributed by atoms with Gasteiger partial charge in [0.2, 0.25) is 0 Å². The maximum atomic E-state index is 4.16. The Kier molecular flexibility index (Phi) is 3.51. The molecule has 0 saturated heterocycles. The van der Waals surface area contributed by atoms with Crippen molar-refractivity contribution in [3.8, 4) is 11.1 Å². The summed E-state index contributed by atoms with van der Waals surface area (Å²) in [5.74, 6) is 0.627. The van der Waals surface area contributed by atoms with Crippen molar-refractivity contribution in [1.29, 1.82) is 0 Å². The summed E-state index contributed by atoms with van der Waals surface area (Å²) in [5.41, 5.74) is 4.01. The van der Waals surface area contributed by atoms with Crippen LogP contribution in [0.1, 0.15) is 33.3 Å². The average Bonchev–Trinajstić information content (AvgIpc) is 2.40. The van der Waals surface area contributed by atoms with Crippen LogP contribution >= 0.6 is 0 Å². The number of nitrogens with zero attached hydrogens (tertiary/aromatic N) is 1. The lowest BCUT2D eigenvalue weighted by atomic mass is 9.75. The van der Waals surface area contributed by atoms with Gasteiger partial charge in [-0.25, -0.2) is 0 Å². The highest BCUT2D eigenvalue weighted by Crippen LogP contribution is 2.32. The van der Waals surface area contributed by atoms with Crippen molar-refractivity contribution in [3.63, 3.8) is 0 Å². The molecule has 0 fully saturated rings. The summed E-state index contributed by atoms with van der Waals surface area (Å²) in [6.07, 6.45) is 3.71. The van der Waals surface area contributed by atoms with Gasteiger partial charge in [0.25, 0.3) is 0 Å². The summed E-state index contributed by atoms with van der Waals surface area (Å²) in [4.78, 5) is 4.16. The van der Waals surface area contributed by atoms with E-state index >= 15 is 0 Å². The Hall–Kier alpha value is -1.63. The van der Waals surface area contributed by atoms with Gasteiger partial charge in [-0.3, -0.25) is 4.98 Å². The normalized spacial score (nSPS) is 11.8. The van der Waals surface area contributed by atoms with Gasteiger partial charge in [0.1, 0.15) is 0 Å². The largest absolute Gasteiger partial charge is 0.264 e. The lowest BCUT2D eigenvalue weighted by Crippen LogP contribution is -2.24. The summed E-state index contributed by atoms with van der Waals surface area (Å²) in [7, 11) is 0. The van der Waals surface area contributed by atoms with Crippen LogP contribution in [0.4, 0.5) is 0 Å². The Morgan fingerprint density at radius 1 is 0.944 bits per heavy atom. The number of hydrogen-bond donors (Lipinski definition) is 0. The minimum Gasteiger partial charge on any atom is -0.264 e. The molecule has 2 aromatic rings. The highest BCUT2D eigenvalue weighted by Gasteiger charge is 2.24. The molecule has 94 valence electrons. The Morgan fingerprint density at radius 3 is 2.11 bits per heavy atom. The maximum absolute atomic E-state index is 4.16. The standard InChI is InChI=1S/C17H21N/c1-13(2)17(3,4)16-9-7-14(8-10-16)15-6-5-11-18-12-15/h5-13H,1-4H3. The molecular formula is C17H21N. The second-order valence-corrected chi connectivity index (χ2v) is 5.70. The lowest BCUT2D eigenvalue weighted by Gasteiger charge is -2.30. The van der Waals surface area contributed by atoms with Crippen LogP contribution in [-0.4, -0.2) is 4.98 Å². The maximum Gasteiger partial charge on any atom is 0.0346 e. The topological polar surface area (TPSA) is 12.9 Å². The van der Waals surface area contributed by atoms with Crippen LogP contribution in [0.5, 0.6) is 0 Å². The van der Waals surface area contributed by atoms with Crippen molar-refractivity contribution >= 4 is 0 Å². The zero-order valence-electron chi connectivity index (χ0n) is 11.6. The molecule has 0 spiro atoms. The van der Waals surface area contributed by atoms with Gasteiger partial charge < -0.3 is 0 Å². The van der Waals surface area contributed by atoms with Gasteiger partial charge in [0.15, 0.2) is 0 Å². The molecule has 0 aliphatic carbocycles. The van der Waals surface area contributed by atoms with E-state index in [1.165, 1.54) is 16.7 Å². The van der Waals surface area contributed by atoms with Gasteiger partial charge in [-0.15, -0.1) is 0 Å². The molecule has 18 heavy (non-hydrogen) atoms. The SMILES string of the molecule is CC(C)C(C)(C)c1ccc(-c2cccnc2)cc1.